The number of hydrogen-bond acceptors (Lipinski definition) is 4. The highest BCUT2D eigenvalue weighted by atomic mass is 35.5. The minimum absolute atomic E-state index is 0.0285. The van der Waals surface area contributed by atoms with Gasteiger partial charge in [-0.3, -0.25) is 13.9 Å². The molecule has 0 heterocycles. The Hall–Kier alpha value is -2.65. The van der Waals surface area contributed by atoms with Gasteiger partial charge in [-0.1, -0.05) is 43.6 Å². The van der Waals surface area contributed by atoms with E-state index in [9.17, 15) is 22.4 Å². The van der Waals surface area contributed by atoms with Crippen molar-refractivity contribution in [2.75, 3.05) is 23.7 Å². The molecule has 1 atom stereocenters. The van der Waals surface area contributed by atoms with Crippen molar-refractivity contribution in [2.24, 2.45) is 0 Å². The summed E-state index contributed by atoms with van der Waals surface area (Å²) in [5.41, 5.74) is 0.756. The molecule has 0 aliphatic rings. The number of hydrogen-bond donors (Lipinski definition) is 1. The van der Waals surface area contributed by atoms with Gasteiger partial charge in [0.15, 0.2) is 0 Å². The first kappa shape index (κ1) is 26.6. The molecule has 0 aromatic heterocycles. The molecule has 0 saturated heterocycles. The monoisotopic (exact) mass is 497 g/mol. The first-order valence-electron chi connectivity index (χ1n) is 10.6. The third-order valence-corrected chi connectivity index (χ3v) is 6.37. The molecule has 33 heavy (non-hydrogen) atoms. The van der Waals surface area contributed by atoms with Gasteiger partial charge in [-0.25, -0.2) is 12.8 Å². The second-order valence-electron chi connectivity index (χ2n) is 7.61. The van der Waals surface area contributed by atoms with Crippen LogP contribution in [0.3, 0.4) is 0 Å². The second-order valence-corrected chi connectivity index (χ2v) is 9.96. The Morgan fingerprint density at radius 3 is 2.33 bits per heavy atom. The molecule has 7 nitrogen and oxygen atoms in total. The van der Waals surface area contributed by atoms with E-state index in [1.165, 1.54) is 23.1 Å². The van der Waals surface area contributed by atoms with Crippen molar-refractivity contribution >= 4 is 39.1 Å². The van der Waals surface area contributed by atoms with Crippen molar-refractivity contribution < 1.29 is 22.4 Å². The van der Waals surface area contributed by atoms with E-state index < -0.39 is 34.3 Å². The van der Waals surface area contributed by atoms with Crippen LogP contribution in [-0.4, -0.2) is 50.5 Å². The third-order valence-electron chi connectivity index (χ3n) is 4.98. The van der Waals surface area contributed by atoms with Crippen LogP contribution in [-0.2, 0) is 26.2 Å². The van der Waals surface area contributed by atoms with Crippen molar-refractivity contribution in [1.82, 2.24) is 10.2 Å². The second kappa shape index (κ2) is 12.0. The first-order chi connectivity index (χ1) is 15.6. The molecule has 2 amide bonds. The normalized spacial score (nSPS) is 12.2. The molecule has 2 aromatic carbocycles. The van der Waals surface area contributed by atoms with Gasteiger partial charge in [-0.05, 0) is 48.7 Å². The highest BCUT2D eigenvalue weighted by Gasteiger charge is 2.31. The number of sulfonamides is 1. The summed E-state index contributed by atoms with van der Waals surface area (Å²) in [6, 6.07) is 11.0. The topological polar surface area (TPSA) is 86.8 Å². The summed E-state index contributed by atoms with van der Waals surface area (Å²) in [7, 11) is -3.91. The summed E-state index contributed by atoms with van der Waals surface area (Å²) in [6.07, 6.45) is 2.00. The van der Waals surface area contributed by atoms with Gasteiger partial charge in [0, 0.05) is 18.1 Å². The average molecular weight is 498 g/mol. The van der Waals surface area contributed by atoms with Gasteiger partial charge in [0.25, 0.3) is 0 Å². The Kier molecular flexibility index (Phi) is 9.67. The smallest absolute Gasteiger partial charge is 0.244 e. The zero-order chi connectivity index (χ0) is 24.6. The van der Waals surface area contributed by atoms with Crippen molar-refractivity contribution in [3.8, 4) is 0 Å². The fourth-order valence-electron chi connectivity index (χ4n) is 3.32. The van der Waals surface area contributed by atoms with E-state index in [1.807, 2.05) is 6.92 Å². The van der Waals surface area contributed by atoms with Gasteiger partial charge in [-0.15, -0.1) is 0 Å². The third kappa shape index (κ3) is 7.71. The van der Waals surface area contributed by atoms with Crippen LogP contribution in [0.25, 0.3) is 0 Å². The Morgan fingerprint density at radius 2 is 1.79 bits per heavy atom. The Balaban J connectivity index is 2.41. The summed E-state index contributed by atoms with van der Waals surface area (Å²) in [4.78, 5) is 27.6. The van der Waals surface area contributed by atoms with E-state index >= 15 is 0 Å². The number of carbonyl (C=O) groups excluding carboxylic acids is 2. The summed E-state index contributed by atoms with van der Waals surface area (Å²) in [6.45, 7) is 3.65. The minimum atomic E-state index is -3.91. The SMILES string of the molecule is CCCNC(=O)C(CC)N(Cc1ccc(Cl)cc1)C(=O)CN(c1cccc(F)c1)S(C)(=O)=O. The van der Waals surface area contributed by atoms with Crippen molar-refractivity contribution in [2.45, 2.75) is 39.3 Å². The number of nitrogens with one attached hydrogen (secondary N) is 1. The van der Waals surface area contributed by atoms with Gasteiger partial charge >= 0.3 is 0 Å². The van der Waals surface area contributed by atoms with Crippen molar-refractivity contribution in [3.63, 3.8) is 0 Å². The molecule has 180 valence electrons. The Morgan fingerprint density at radius 1 is 1.12 bits per heavy atom. The molecule has 0 radical (unpaired) electrons. The van der Waals surface area contributed by atoms with Gasteiger partial charge < -0.3 is 10.2 Å². The van der Waals surface area contributed by atoms with Crippen LogP contribution in [0.4, 0.5) is 10.1 Å². The number of nitrogens with zero attached hydrogens (tertiary/aromatic N) is 2. The summed E-state index contributed by atoms with van der Waals surface area (Å²) >= 11 is 5.96. The number of amides is 2. The lowest BCUT2D eigenvalue weighted by Gasteiger charge is -2.32. The fourth-order valence-corrected chi connectivity index (χ4v) is 4.28. The highest BCUT2D eigenvalue weighted by molar-refractivity contribution is 7.92. The summed E-state index contributed by atoms with van der Waals surface area (Å²) in [5, 5.41) is 3.33. The van der Waals surface area contributed by atoms with E-state index in [0.717, 1.165) is 28.6 Å². The zero-order valence-corrected chi connectivity index (χ0v) is 20.5. The van der Waals surface area contributed by atoms with E-state index in [2.05, 4.69) is 5.32 Å². The van der Waals surface area contributed by atoms with Gasteiger partial charge in [0.05, 0.1) is 11.9 Å². The van der Waals surface area contributed by atoms with Gasteiger partial charge in [0.2, 0.25) is 21.8 Å². The molecule has 0 aliphatic heterocycles. The van der Waals surface area contributed by atoms with Crippen LogP contribution < -0.4 is 9.62 Å². The highest BCUT2D eigenvalue weighted by Crippen LogP contribution is 2.21. The predicted octanol–water partition coefficient (Wildman–Crippen LogP) is 3.58. The number of benzene rings is 2. The van der Waals surface area contributed by atoms with Crippen LogP contribution in [0.2, 0.25) is 5.02 Å². The molecule has 0 aliphatic carbocycles. The molecule has 0 spiro atoms. The molecule has 1 N–H and O–H groups in total. The fraction of sp³-hybridized carbons (Fsp3) is 0.391. The first-order valence-corrected chi connectivity index (χ1v) is 12.8. The molecule has 0 fully saturated rings. The van der Waals surface area contributed by atoms with Crippen molar-refractivity contribution in [3.05, 3.63) is 64.9 Å². The van der Waals surface area contributed by atoms with Gasteiger partial charge in [0.1, 0.15) is 18.4 Å². The molecule has 10 heteroatoms. The Bertz CT molecular complexity index is 1060. The molecular weight excluding hydrogens is 469 g/mol. The largest absolute Gasteiger partial charge is 0.354 e. The summed E-state index contributed by atoms with van der Waals surface area (Å²) in [5.74, 6) is -1.53. The van der Waals surface area contributed by atoms with E-state index in [1.54, 1.807) is 31.2 Å². The summed E-state index contributed by atoms with van der Waals surface area (Å²) < 4.78 is 39.5. The number of anilines is 1. The van der Waals surface area contributed by atoms with Crippen LogP contribution in [0.5, 0.6) is 0 Å². The maximum atomic E-state index is 13.8. The lowest BCUT2D eigenvalue weighted by Crippen LogP contribution is -2.52. The molecule has 2 rings (SSSR count). The van der Waals surface area contributed by atoms with Crippen LogP contribution >= 0.6 is 11.6 Å². The van der Waals surface area contributed by atoms with Crippen LogP contribution in [0.1, 0.15) is 32.3 Å². The number of rotatable bonds is 11. The quantitative estimate of drug-likeness (QED) is 0.514. The standard InChI is InChI=1S/C23H29ClFN3O4S/c1-4-13-26-23(30)21(5-2)27(15-17-9-11-18(24)12-10-17)22(29)16-28(33(3,31)32)20-8-6-7-19(25)14-20/h6-12,14,21H,4-5,13,15-16H2,1-3H3,(H,26,30). The Labute approximate surface area is 199 Å². The maximum Gasteiger partial charge on any atom is 0.244 e. The van der Waals surface area contributed by atoms with Crippen molar-refractivity contribution in [1.29, 1.82) is 0 Å². The minimum Gasteiger partial charge on any atom is -0.354 e. The molecule has 0 saturated carbocycles. The molecule has 0 bridgehead atoms. The lowest BCUT2D eigenvalue weighted by atomic mass is 10.1. The van der Waals surface area contributed by atoms with E-state index in [4.69, 9.17) is 11.6 Å². The van der Waals surface area contributed by atoms with Crippen LogP contribution in [0.15, 0.2) is 48.5 Å². The van der Waals surface area contributed by atoms with Gasteiger partial charge in [-0.2, -0.15) is 0 Å². The number of carbonyl (C=O) groups is 2. The molecule has 2 aromatic rings. The molecular formula is C23H29ClFN3O4S. The van der Waals surface area contributed by atoms with E-state index in [0.29, 0.717) is 18.0 Å². The van der Waals surface area contributed by atoms with E-state index in [-0.39, 0.29) is 18.1 Å². The number of halogens is 2. The molecule has 1 unspecified atom stereocenters. The lowest BCUT2D eigenvalue weighted by molar-refractivity contribution is -0.140. The predicted molar refractivity (Wildman–Crippen MR) is 128 cm³/mol. The average Bonchev–Trinajstić information content (AvgIpc) is 2.76. The maximum absolute atomic E-state index is 13.8. The zero-order valence-electron chi connectivity index (χ0n) is 18.9. The van der Waals surface area contributed by atoms with Crippen LogP contribution in [0, 0.1) is 5.82 Å².